The Bertz CT molecular complexity index is 502. The quantitative estimate of drug-likeness (QED) is 0.895. The minimum absolute atomic E-state index is 0.0915. The van der Waals surface area contributed by atoms with Crippen molar-refractivity contribution in [2.75, 3.05) is 13.2 Å². The van der Waals surface area contributed by atoms with Gasteiger partial charge >= 0.3 is 0 Å². The molecule has 1 aromatic rings. The van der Waals surface area contributed by atoms with E-state index >= 15 is 0 Å². The van der Waals surface area contributed by atoms with E-state index in [2.05, 4.69) is 37.4 Å². The van der Waals surface area contributed by atoms with Crippen LogP contribution in [0.5, 0.6) is 5.75 Å². The molecule has 3 atom stereocenters. The second kappa shape index (κ2) is 5.98. The molecule has 1 fully saturated rings. The Morgan fingerprint density at radius 3 is 3.05 bits per heavy atom. The number of hydrogen-bond donors (Lipinski definition) is 2. The van der Waals surface area contributed by atoms with Gasteiger partial charge in [-0.3, -0.25) is 0 Å². The zero-order chi connectivity index (χ0) is 14.9. The molecule has 0 amide bonds. The summed E-state index contributed by atoms with van der Waals surface area (Å²) in [6, 6.07) is 6.40. The molecule has 2 aliphatic rings. The SMILES string of the molecule is Cc1ccc2c(c1)CC(CNC1(CO)CCCC(C)C1)O2. The first kappa shape index (κ1) is 14.9. The summed E-state index contributed by atoms with van der Waals surface area (Å²) in [6.45, 7) is 5.46. The average Bonchev–Trinajstić information content (AvgIpc) is 2.87. The van der Waals surface area contributed by atoms with Crippen LogP contribution in [0.3, 0.4) is 0 Å². The molecule has 3 heteroatoms. The minimum Gasteiger partial charge on any atom is -0.488 e. The fourth-order valence-electron chi connectivity index (χ4n) is 3.91. The fourth-order valence-corrected chi connectivity index (χ4v) is 3.91. The van der Waals surface area contributed by atoms with Gasteiger partial charge in [-0.2, -0.15) is 0 Å². The maximum absolute atomic E-state index is 9.84. The molecule has 2 N–H and O–H groups in total. The Labute approximate surface area is 127 Å². The Balaban J connectivity index is 1.58. The topological polar surface area (TPSA) is 41.5 Å². The Hall–Kier alpha value is -1.06. The largest absolute Gasteiger partial charge is 0.488 e. The number of fused-ring (bicyclic) bond motifs is 1. The van der Waals surface area contributed by atoms with Crippen molar-refractivity contribution in [3.63, 3.8) is 0 Å². The summed E-state index contributed by atoms with van der Waals surface area (Å²) < 4.78 is 6.03. The van der Waals surface area contributed by atoms with Crippen molar-refractivity contribution in [3.05, 3.63) is 29.3 Å². The maximum Gasteiger partial charge on any atom is 0.123 e. The molecule has 3 unspecified atom stereocenters. The molecule has 0 saturated heterocycles. The number of aryl methyl sites for hydroxylation is 1. The zero-order valence-electron chi connectivity index (χ0n) is 13.2. The van der Waals surface area contributed by atoms with Crippen molar-refractivity contribution >= 4 is 0 Å². The van der Waals surface area contributed by atoms with Gasteiger partial charge in [0.25, 0.3) is 0 Å². The number of ether oxygens (including phenoxy) is 1. The molecule has 116 valence electrons. The van der Waals surface area contributed by atoms with E-state index in [0.29, 0.717) is 5.92 Å². The Kier molecular flexibility index (Phi) is 4.23. The first-order valence-corrected chi connectivity index (χ1v) is 8.22. The van der Waals surface area contributed by atoms with Gasteiger partial charge in [0.2, 0.25) is 0 Å². The van der Waals surface area contributed by atoms with Crippen LogP contribution in [0.2, 0.25) is 0 Å². The molecule has 1 aliphatic heterocycles. The smallest absolute Gasteiger partial charge is 0.123 e. The highest BCUT2D eigenvalue weighted by molar-refractivity contribution is 5.40. The fraction of sp³-hybridized carbons (Fsp3) is 0.667. The van der Waals surface area contributed by atoms with Crippen LogP contribution in [0.1, 0.15) is 43.7 Å². The van der Waals surface area contributed by atoms with Gasteiger partial charge in [0.1, 0.15) is 11.9 Å². The van der Waals surface area contributed by atoms with Crippen molar-refractivity contribution in [3.8, 4) is 5.75 Å². The van der Waals surface area contributed by atoms with E-state index in [1.807, 2.05) is 0 Å². The van der Waals surface area contributed by atoms with Gasteiger partial charge in [0.15, 0.2) is 0 Å². The average molecular weight is 289 g/mol. The van der Waals surface area contributed by atoms with Crippen molar-refractivity contribution in [2.24, 2.45) is 5.92 Å². The molecule has 1 aromatic carbocycles. The van der Waals surface area contributed by atoms with Crippen molar-refractivity contribution in [1.29, 1.82) is 0 Å². The normalized spacial score (nSPS) is 31.8. The summed E-state index contributed by atoms with van der Waals surface area (Å²) in [5, 5.41) is 13.5. The van der Waals surface area contributed by atoms with Crippen LogP contribution in [-0.4, -0.2) is 29.9 Å². The minimum atomic E-state index is -0.0915. The van der Waals surface area contributed by atoms with E-state index in [-0.39, 0.29) is 18.2 Å². The number of rotatable bonds is 4. The van der Waals surface area contributed by atoms with Crippen LogP contribution in [0, 0.1) is 12.8 Å². The van der Waals surface area contributed by atoms with Crippen LogP contribution in [0.4, 0.5) is 0 Å². The Morgan fingerprint density at radius 1 is 1.43 bits per heavy atom. The number of hydrogen-bond acceptors (Lipinski definition) is 3. The highest BCUT2D eigenvalue weighted by Crippen LogP contribution is 2.33. The van der Waals surface area contributed by atoms with Gasteiger partial charge in [-0.25, -0.2) is 0 Å². The van der Waals surface area contributed by atoms with Crippen molar-refractivity contribution in [1.82, 2.24) is 5.32 Å². The van der Waals surface area contributed by atoms with Crippen molar-refractivity contribution in [2.45, 2.75) is 57.6 Å². The van der Waals surface area contributed by atoms with E-state index in [1.54, 1.807) is 0 Å². The summed E-state index contributed by atoms with van der Waals surface area (Å²) >= 11 is 0. The van der Waals surface area contributed by atoms with E-state index in [0.717, 1.165) is 31.6 Å². The number of aliphatic hydroxyl groups is 1. The van der Waals surface area contributed by atoms with Crippen LogP contribution < -0.4 is 10.1 Å². The molecule has 1 aliphatic carbocycles. The molecule has 0 bridgehead atoms. The highest BCUT2D eigenvalue weighted by Gasteiger charge is 2.35. The first-order chi connectivity index (χ1) is 10.1. The predicted octanol–water partition coefficient (Wildman–Crippen LogP) is 2.83. The molecule has 0 aromatic heterocycles. The van der Waals surface area contributed by atoms with Gasteiger partial charge in [0.05, 0.1) is 6.61 Å². The predicted molar refractivity (Wildman–Crippen MR) is 84.8 cm³/mol. The standard InChI is InChI=1S/C18H27NO2/c1-13-5-6-17-15(8-13)9-16(21-17)11-19-18(12-20)7-3-4-14(2)10-18/h5-6,8,14,16,19-20H,3-4,7,9-12H2,1-2H3. The zero-order valence-corrected chi connectivity index (χ0v) is 13.2. The second-order valence-electron chi connectivity index (χ2n) is 7.08. The molecule has 1 heterocycles. The van der Waals surface area contributed by atoms with Crippen molar-refractivity contribution < 1.29 is 9.84 Å². The lowest BCUT2D eigenvalue weighted by atomic mass is 9.77. The molecular formula is C18H27NO2. The molecule has 21 heavy (non-hydrogen) atoms. The molecule has 3 nitrogen and oxygen atoms in total. The van der Waals surface area contributed by atoms with Crippen LogP contribution in [0.15, 0.2) is 18.2 Å². The summed E-state index contributed by atoms with van der Waals surface area (Å²) in [5.74, 6) is 1.73. The lowest BCUT2D eigenvalue weighted by molar-refractivity contribution is 0.0874. The molecule has 0 spiro atoms. The lowest BCUT2D eigenvalue weighted by Gasteiger charge is -2.40. The van der Waals surface area contributed by atoms with Crippen LogP contribution >= 0.6 is 0 Å². The van der Waals surface area contributed by atoms with E-state index < -0.39 is 0 Å². The summed E-state index contributed by atoms with van der Waals surface area (Å²) in [4.78, 5) is 0. The van der Waals surface area contributed by atoms with E-state index in [4.69, 9.17) is 4.74 Å². The monoisotopic (exact) mass is 289 g/mol. The maximum atomic E-state index is 9.84. The highest BCUT2D eigenvalue weighted by atomic mass is 16.5. The third-order valence-corrected chi connectivity index (χ3v) is 5.06. The van der Waals surface area contributed by atoms with Gasteiger partial charge in [0, 0.05) is 18.5 Å². The van der Waals surface area contributed by atoms with Crippen LogP contribution in [-0.2, 0) is 6.42 Å². The number of nitrogens with one attached hydrogen (secondary N) is 1. The molecule has 1 saturated carbocycles. The van der Waals surface area contributed by atoms with E-state index in [1.165, 1.54) is 24.0 Å². The number of aliphatic hydroxyl groups excluding tert-OH is 1. The van der Waals surface area contributed by atoms with Crippen LogP contribution in [0.25, 0.3) is 0 Å². The molecule has 0 radical (unpaired) electrons. The molecular weight excluding hydrogens is 262 g/mol. The van der Waals surface area contributed by atoms with Gasteiger partial charge in [-0.1, -0.05) is 37.5 Å². The lowest BCUT2D eigenvalue weighted by Crippen LogP contribution is -2.54. The molecule has 3 rings (SSSR count). The third kappa shape index (κ3) is 3.24. The number of benzene rings is 1. The van der Waals surface area contributed by atoms with Gasteiger partial charge < -0.3 is 15.2 Å². The first-order valence-electron chi connectivity index (χ1n) is 8.22. The third-order valence-electron chi connectivity index (χ3n) is 5.06. The summed E-state index contributed by atoms with van der Waals surface area (Å²) in [5.41, 5.74) is 2.52. The van der Waals surface area contributed by atoms with Gasteiger partial charge in [-0.05, 0) is 37.3 Å². The van der Waals surface area contributed by atoms with E-state index in [9.17, 15) is 5.11 Å². The summed E-state index contributed by atoms with van der Waals surface area (Å²) in [6.07, 6.45) is 5.81. The van der Waals surface area contributed by atoms with Gasteiger partial charge in [-0.15, -0.1) is 0 Å². The summed E-state index contributed by atoms with van der Waals surface area (Å²) in [7, 11) is 0. The second-order valence-corrected chi connectivity index (χ2v) is 7.08. The Morgan fingerprint density at radius 2 is 2.29 bits per heavy atom.